The number of benzene rings is 1. The van der Waals surface area contributed by atoms with Crippen LogP contribution in [0.3, 0.4) is 0 Å². The van der Waals surface area contributed by atoms with Gasteiger partial charge in [0.2, 0.25) is 0 Å². The van der Waals surface area contributed by atoms with E-state index in [9.17, 15) is 0 Å². The Kier molecular flexibility index (Phi) is 4.33. The lowest BCUT2D eigenvalue weighted by Gasteiger charge is -2.34. The van der Waals surface area contributed by atoms with Crippen LogP contribution < -0.4 is 5.73 Å². The van der Waals surface area contributed by atoms with Crippen molar-refractivity contribution in [3.63, 3.8) is 0 Å². The molecule has 0 fully saturated rings. The van der Waals surface area contributed by atoms with Crippen molar-refractivity contribution in [2.45, 2.75) is 39.8 Å². The molecule has 0 atom stereocenters. The molecule has 2 heterocycles. The molecule has 0 aliphatic heterocycles. The normalized spacial score (nSPS) is 12.2. The van der Waals surface area contributed by atoms with Gasteiger partial charge in [0.05, 0.1) is 11.4 Å². The monoisotopic (exact) mass is 322 g/mol. The molecule has 3 rings (SSSR count). The predicted octanol–water partition coefficient (Wildman–Crippen LogP) is 4.20. The summed E-state index contributed by atoms with van der Waals surface area (Å²) in [7, 11) is 0. The van der Waals surface area contributed by atoms with E-state index in [1.54, 1.807) is 0 Å². The molecule has 2 aromatic heterocycles. The summed E-state index contributed by atoms with van der Waals surface area (Å²) in [6.07, 6.45) is 2.09. The number of nitrogens with zero attached hydrogens (tertiary/aromatic N) is 3. The fourth-order valence-electron chi connectivity index (χ4n) is 3.07. The first-order valence-electron chi connectivity index (χ1n) is 8.47. The van der Waals surface area contributed by atoms with Gasteiger partial charge in [-0.3, -0.25) is 4.90 Å². The van der Waals surface area contributed by atoms with E-state index in [-0.39, 0.29) is 5.54 Å². The van der Waals surface area contributed by atoms with Crippen molar-refractivity contribution >= 4 is 11.3 Å². The fraction of sp³-hybridized carbons (Fsp3) is 0.350. The lowest BCUT2D eigenvalue weighted by molar-refractivity contribution is 0.134. The Morgan fingerprint density at radius 1 is 1.08 bits per heavy atom. The number of fused-ring (bicyclic) bond motifs is 1. The van der Waals surface area contributed by atoms with Gasteiger partial charge < -0.3 is 10.1 Å². The Morgan fingerprint density at radius 3 is 2.42 bits per heavy atom. The van der Waals surface area contributed by atoms with Gasteiger partial charge in [0.25, 0.3) is 0 Å². The van der Waals surface area contributed by atoms with Crippen LogP contribution in [-0.2, 0) is 6.54 Å². The van der Waals surface area contributed by atoms with Gasteiger partial charge in [-0.1, -0.05) is 25.1 Å². The zero-order valence-electron chi connectivity index (χ0n) is 15.0. The number of aromatic nitrogens is 2. The minimum Gasteiger partial charge on any atom is -0.399 e. The highest BCUT2D eigenvalue weighted by atomic mass is 15.2. The molecule has 3 aromatic rings. The van der Waals surface area contributed by atoms with Crippen molar-refractivity contribution in [2.24, 2.45) is 0 Å². The third kappa shape index (κ3) is 3.15. The molecule has 126 valence electrons. The molecule has 0 saturated heterocycles. The van der Waals surface area contributed by atoms with E-state index in [0.717, 1.165) is 35.7 Å². The molecule has 24 heavy (non-hydrogen) atoms. The molecule has 2 N–H and O–H groups in total. The van der Waals surface area contributed by atoms with Crippen molar-refractivity contribution in [3.8, 4) is 11.3 Å². The maximum absolute atomic E-state index is 5.84. The number of nitrogens with two attached hydrogens (primary N) is 1. The van der Waals surface area contributed by atoms with Crippen LogP contribution in [0.15, 0.2) is 48.7 Å². The molecule has 4 nitrogen and oxygen atoms in total. The summed E-state index contributed by atoms with van der Waals surface area (Å²) in [5.41, 5.74) is 11.0. The minimum absolute atomic E-state index is 0.103. The van der Waals surface area contributed by atoms with Crippen LogP contribution in [0.2, 0.25) is 0 Å². The second-order valence-corrected chi connectivity index (χ2v) is 7.14. The maximum atomic E-state index is 5.84. The van der Waals surface area contributed by atoms with Crippen molar-refractivity contribution < 1.29 is 0 Å². The first-order chi connectivity index (χ1) is 11.4. The van der Waals surface area contributed by atoms with Gasteiger partial charge in [0, 0.05) is 29.5 Å². The molecule has 1 aromatic carbocycles. The average molecular weight is 322 g/mol. The van der Waals surface area contributed by atoms with Crippen molar-refractivity contribution in [1.82, 2.24) is 14.3 Å². The van der Waals surface area contributed by atoms with Crippen LogP contribution in [0.25, 0.3) is 16.9 Å². The van der Waals surface area contributed by atoms with Gasteiger partial charge in [-0.05, 0) is 51.6 Å². The summed E-state index contributed by atoms with van der Waals surface area (Å²) in [6.45, 7) is 10.8. The van der Waals surface area contributed by atoms with Gasteiger partial charge in [-0.15, -0.1) is 0 Å². The molecule has 0 spiro atoms. The molecule has 0 saturated carbocycles. The third-order valence-electron chi connectivity index (χ3n) is 4.48. The molecule has 0 unspecified atom stereocenters. The van der Waals surface area contributed by atoms with E-state index >= 15 is 0 Å². The SMILES string of the molecule is CCN(Cc1c(-c2ccc(N)cc2)nc2ccccn12)C(C)(C)C. The van der Waals surface area contributed by atoms with E-state index in [4.69, 9.17) is 10.7 Å². The second kappa shape index (κ2) is 6.29. The van der Waals surface area contributed by atoms with Gasteiger partial charge in [-0.25, -0.2) is 4.98 Å². The largest absolute Gasteiger partial charge is 0.399 e. The molecule has 0 aliphatic carbocycles. The van der Waals surface area contributed by atoms with Crippen LogP contribution in [-0.4, -0.2) is 26.4 Å². The smallest absolute Gasteiger partial charge is 0.137 e. The number of rotatable bonds is 4. The second-order valence-electron chi connectivity index (χ2n) is 7.14. The van der Waals surface area contributed by atoms with Gasteiger partial charge in [0.1, 0.15) is 5.65 Å². The van der Waals surface area contributed by atoms with E-state index < -0.39 is 0 Å². The van der Waals surface area contributed by atoms with Crippen LogP contribution >= 0.6 is 0 Å². The first-order valence-corrected chi connectivity index (χ1v) is 8.47. The number of nitrogen functional groups attached to an aromatic ring is 1. The molecule has 0 aliphatic rings. The van der Waals surface area contributed by atoms with Crippen molar-refractivity contribution in [3.05, 3.63) is 54.4 Å². The summed E-state index contributed by atoms with van der Waals surface area (Å²) in [5.74, 6) is 0. The third-order valence-corrected chi connectivity index (χ3v) is 4.48. The fourth-order valence-corrected chi connectivity index (χ4v) is 3.07. The van der Waals surface area contributed by atoms with E-state index in [1.807, 2.05) is 30.3 Å². The Labute approximate surface area is 143 Å². The molecule has 4 heteroatoms. The zero-order valence-corrected chi connectivity index (χ0v) is 15.0. The van der Waals surface area contributed by atoms with Crippen molar-refractivity contribution in [2.75, 3.05) is 12.3 Å². The highest BCUT2D eigenvalue weighted by molar-refractivity contribution is 5.68. The highest BCUT2D eigenvalue weighted by Crippen LogP contribution is 2.28. The average Bonchev–Trinajstić information content (AvgIpc) is 2.90. The van der Waals surface area contributed by atoms with E-state index in [1.165, 1.54) is 5.69 Å². The van der Waals surface area contributed by atoms with Crippen LogP contribution in [0.4, 0.5) is 5.69 Å². The Morgan fingerprint density at radius 2 is 1.79 bits per heavy atom. The lowest BCUT2D eigenvalue weighted by Crippen LogP contribution is -2.40. The first kappa shape index (κ1) is 16.5. The van der Waals surface area contributed by atoms with Gasteiger partial charge in [0.15, 0.2) is 0 Å². The summed E-state index contributed by atoms with van der Waals surface area (Å²) >= 11 is 0. The topological polar surface area (TPSA) is 46.6 Å². The Hall–Kier alpha value is -2.33. The van der Waals surface area contributed by atoms with Crippen LogP contribution in [0.1, 0.15) is 33.4 Å². The van der Waals surface area contributed by atoms with Gasteiger partial charge in [-0.2, -0.15) is 0 Å². The summed E-state index contributed by atoms with van der Waals surface area (Å²) < 4.78 is 2.19. The minimum atomic E-state index is 0.103. The van der Waals surface area contributed by atoms with Crippen LogP contribution in [0.5, 0.6) is 0 Å². The number of imidazole rings is 1. The van der Waals surface area contributed by atoms with Crippen molar-refractivity contribution in [1.29, 1.82) is 0 Å². The molecule has 0 radical (unpaired) electrons. The number of anilines is 1. The summed E-state index contributed by atoms with van der Waals surface area (Å²) in [6, 6.07) is 14.1. The van der Waals surface area contributed by atoms with Crippen LogP contribution in [0, 0.1) is 0 Å². The Bertz CT molecular complexity index is 825. The number of hydrogen-bond acceptors (Lipinski definition) is 3. The van der Waals surface area contributed by atoms with E-state index in [0.29, 0.717) is 0 Å². The quantitative estimate of drug-likeness (QED) is 0.732. The standard InChI is InChI=1S/C20H26N4/c1-5-23(20(2,3)4)14-17-19(15-9-11-16(21)12-10-15)22-18-8-6-7-13-24(17)18/h6-13H,5,14,21H2,1-4H3. The lowest BCUT2D eigenvalue weighted by atomic mass is 10.0. The highest BCUT2D eigenvalue weighted by Gasteiger charge is 2.23. The maximum Gasteiger partial charge on any atom is 0.137 e. The molecular weight excluding hydrogens is 296 g/mol. The summed E-state index contributed by atoms with van der Waals surface area (Å²) in [5, 5.41) is 0. The molecule has 0 bridgehead atoms. The zero-order chi connectivity index (χ0) is 17.3. The van der Waals surface area contributed by atoms with Gasteiger partial charge >= 0.3 is 0 Å². The number of hydrogen-bond donors (Lipinski definition) is 1. The summed E-state index contributed by atoms with van der Waals surface area (Å²) in [4.78, 5) is 7.34. The Balaban J connectivity index is 2.13. The predicted molar refractivity (Wildman–Crippen MR) is 101 cm³/mol. The molecule has 0 amide bonds. The number of pyridine rings is 1. The van der Waals surface area contributed by atoms with E-state index in [2.05, 4.69) is 55.3 Å². The molecular formula is C20H26N4.